The van der Waals surface area contributed by atoms with Crippen LogP contribution in [0.5, 0.6) is 0 Å². The SMILES string of the molecule is COC(C)c1ccc(C(C)C)cc1[N+](=O)[O-]. The van der Waals surface area contributed by atoms with Gasteiger partial charge in [-0.25, -0.2) is 0 Å². The van der Waals surface area contributed by atoms with Crippen molar-refractivity contribution in [1.82, 2.24) is 0 Å². The van der Waals surface area contributed by atoms with Crippen molar-refractivity contribution in [2.75, 3.05) is 7.11 Å². The third kappa shape index (κ3) is 2.58. The molecule has 0 spiro atoms. The number of hydrogen-bond donors (Lipinski definition) is 0. The molecule has 16 heavy (non-hydrogen) atoms. The molecule has 1 atom stereocenters. The molecular formula is C12H17NO3. The van der Waals surface area contributed by atoms with Gasteiger partial charge in [0.1, 0.15) is 0 Å². The minimum Gasteiger partial charge on any atom is -0.377 e. The standard InChI is InChI=1S/C12H17NO3/c1-8(2)10-5-6-11(9(3)16-4)12(7-10)13(14)15/h5-9H,1-4H3. The summed E-state index contributed by atoms with van der Waals surface area (Å²) in [4.78, 5) is 10.6. The van der Waals surface area contributed by atoms with Crippen LogP contribution in [-0.4, -0.2) is 12.0 Å². The molecule has 0 aliphatic carbocycles. The van der Waals surface area contributed by atoms with E-state index in [4.69, 9.17) is 4.74 Å². The van der Waals surface area contributed by atoms with Gasteiger partial charge >= 0.3 is 0 Å². The van der Waals surface area contributed by atoms with Gasteiger partial charge in [0, 0.05) is 13.2 Å². The van der Waals surface area contributed by atoms with Crippen LogP contribution in [0.4, 0.5) is 5.69 Å². The van der Waals surface area contributed by atoms with E-state index in [2.05, 4.69) is 0 Å². The summed E-state index contributed by atoms with van der Waals surface area (Å²) in [7, 11) is 1.55. The Kier molecular flexibility index (Phi) is 4.01. The number of methoxy groups -OCH3 is 1. The average Bonchev–Trinajstić information content (AvgIpc) is 2.26. The summed E-state index contributed by atoms with van der Waals surface area (Å²) in [5, 5.41) is 11.0. The number of rotatable bonds is 4. The fourth-order valence-corrected chi connectivity index (χ4v) is 1.55. The third-order valence-electron chi connectivity index (χ3n) is 2.71. The van der Waals surface area contributed by atoms with Gasteiger partial charge in [-0.1, -0.05) is 19.9 Å². The second-order valence-corrected chi connectivity index (χ2v) is 4.11. The predicted octanol–water partition coefficient (Wildman–Crippen LogP) is 3.43. The summed E-state index contributed by atoms with van der Waals surface area (Å²) < 4.78 is 5.12. The van der Waals surface area contributed by atoms with Crippen molar-refractivity contribution in [2.45, 2.75) is 32.8 Å². The fraction of sp³-hybridized carbons (Fsp3) is 0.500. The third-order valence-corrected chi connectivity index (χ3v) is 2.71. The number of hydrogen-bond acceptors (Lipinski definition) is 3. The van der Waals surface area contributed by atoms with Gasteiger partial charge in [-0.3, -0.25) is 10.1 Å². The van der Waals surface area contributed by atoms with Crippen LogP contribution >= 0.6 is 0 Å². The van der Waals surface area contributed by atoms with Crippen LogP contribution in [0.2, 0.25) is 0 Å². The molecule has 0 N–H and O–H groups in total. The Morgan fingerprint density at radius 2 is 1.94 bits per heavy atom. The lowest BCUT2D eigenvalue weighted by Crippen LogP contribution is -2.03. The van der Waals surface area contributed by atoms with Crippen molar-refractivity contribution in [2.24, 2.45) is 0 Å². The molecule has 0 saturated heterocycles. The second-order valence-electron chi connectivity index (χ2n) is 4.11. The van der Waals surface area contributed by atoms with Crippen LogP contribution in [0.3, 0.4) is 0 Å². The molecular weight excluding hydrogens is 206 g/mol. The second kappa shape index (κ2) is 5.07. The first-order valence-electron chi connectivity index (χ1n) is 5.28. The van der Waals surface area contributed by atoms with E-state index in [1.807, 2.05) is 19.9 Å². The number of benzene rings is 1. The topological polar surface area (TPSA) is 52.4 Å². The van der Waals surface area contributed by atoms with Crippen LogP contribution in [-0.2, 0) is 4.74 Å². The molecule has 0 aromatic heterocycles. The highest BCUT2D eigenvalue weighted by atomic mass is 16.6. The Balaban J connectivity index is 3.25. The monoisotopic (exact) mass is 223 g/mol. The summed E-state index contributed by atoms with van der Waals surface area (Å²) in [6.45, 7) is 5.83. The van der Waals surface area contributed by atoms with E-state index in [0.29, 0.717) is 5.56 Å². The van der Waals surface area contributed by atoms with Gasteiger partial charge in [0.05, 0.1) is 16.6 Å². The molecule has 0 aliphatic rings. The maximum atomic E-state index is 11.0. The van der Waals surface area contributed by atoms with Crippen LogP contribution in [0.25, 0.3) is 0 Å². The van der Waals surface area contributed by atoms with E-state index in [1.165, 1.54) is 0 Å². The van der Waals surface area contributed by atoms with E-state index < -0.39 is 0 Å². The Labute approximate surface area is 95.4 Å². The summed E-state index contributed by atoms with van der Waals surface area (Å²) in [6, 6.07) is 5.33. The predicted molar refractivity (Wildman–Crippen MR) is 62.6 cm³/mol. The van der Waals surface area contributed by atoms with Gasteiger partial charge in [-0.05, 0) is 24.5 Å². The average molecular weight is 223 g/mol. The maximum absolute atomic E-state index is 11.0. The first kappa shape index (κ1) is 12.6. The lowest BCUT2D eigenvalue weighted by atomic mass is 9.98. The van der Waals surface area contributed by atoms with Gasteiger partial charge in [0.15, 0.2) is 0 Å². The van der Waals surface area contributed by atoms with Gasteiger partial charge < -0.3 is 4.74 Å². The maximum Gasteiger partial charge on any atom is 0.275 e. The quantitative estimate of drug-likeness (QED) is 0.580. The molecule has 0 fully saturated rings. The normalized spacial score (nSPS) is 12.8. The first-order chi connectivity index (χ1) is 7.47. The minimum absolute atomic E-state index is 0.139. The number of nitrogens with zero attached hydrogens (tertiary/aromatic N) is 1. The molecule has 4 heteroatoms. The molecule has 1 aromatic carbocycles. The highest BCUT2D eigenvalue weighted by Crippen LogP contribution is 2.30. The summed E-state index contributed by atoms with van der Waals surface area (Å²) >= 11 is 0. The van der Waals surface area contributed by atoms with Gasteiger partial charge in [-0.2, -0.15) is 0 Å². The number of nitro benzene ring substituents is 1. The fourth-order valence-electron chi connectivity index (χ4n) is 1.55. The summed E-state index contributed by atoms with van der Waals surface area (Å²) in [5.74, 6) is 0.283. The van der Waals surface area contributed by atoms with Crippen LogP contribution in [0.1, 0.15) is 43.9 Å². The van der Waals surface area contributed by atoms with Crippen molar-refractivity contribution in [3.63, 3.8) is 0 Å². The van der Waals surface area contributed by atoms with Crippen LogP contribution in [0, 0.1) is 10.1 Å². The molecule has 88 valence electrons. The molecule has 0 saturated carbocycles. The molecule has 0 heterocycles. The summed E-state index contributed by atoms with van der Waals surface area (Å²) in [6.07, 6.45) is -0.262. The van der Waals surface area contributed by atoms with Crippen molar-refractivity contribution >= 4 is 5.69 Å². The molecule has 0 amide bonds. The van der Waals surface area contributed by atoms with Crippen LogP contribution in [0.15, 0.2) is 18.2 Å². The van der Waals surface area contributed by atoms with E-state index in [1.54, 1.807) is 26.2 Å². The van der Waals surface area contributed by atoms with E-state index in [-0.39, 0.29) is 22.6 Å². The zero-order valence-corrected chi connectivity index (χ0v) is 10.1. The highest BCUT2D eigenvalue weighted by Gasteiger charge is 2.19. The Hall–Kier alpha value is -1.42. The molecule has 1 unspecified atom stereocenters. The van der Waals surface area contributed by atoms with Gasteiger partial charge in [-0.15, -0.1) is 0 Å². The molecule has 1 aromatic rings. The van der Waals surface area contributed by atoms with E-state index in [0.717, 1.165) is 5.56 Å². The molecule has 4 nitrogen and oxygen atoms in total. The minimum atomic E-state index is -0.350. The molecule has 0 radical (unpaired) electrons. The first-order valence-corrected chi connectivity index (χ1v) is 5.28. The van der Waals surface area contributed by atoms with E-state index >= 15 is 0 Å². The van der Waals surface area contributed by atoms with E-state index in [9.17, 15) is 10.1 Å². The lowest BCUT2D eigenvalue weighted by molar-refractivity contribution is -0.386. The zero-order chi connectivity index (χ0) is 12.3. The largest absolute Gasteiger partial charge is 0.377 e. The summed E-state index contributed by atoms with van der Waals surface area (Å²) in [5.41, 5.74) is 1.73. The van der Waals surface area contributed by atoms with Crippen molar-refractivity contribution in [3.05, 3.63) is 39.4 Å². The van der Waals surface area contributed by atoms with Gasteiger partial charge in [0.25, 0.3) is 5.69 Å². The Bertz CT molecular complexity index is 388. The van der Waals surface area contributed by atoms with Crippen molar-refractivity contribution in [3.8, 4) is 0 Å². The number of nitro groups is 1. The Morgan fingerprint density at radius 1 is 1.31 bits per heavy atom. The lowest BCUT2D eigenvalue weighted by Gasteiger charge is -2.12. The number of ether oxygens (including phenoxy) is 1. The molecule has 0 bridgehead atoms. The zero-order valence-electron chi connectivity index (χ0n) is 10.1. The molecule has 1 rings (SSSR count). The van der Waals surface area contributed by atoms with Crippen molar-refractivity contribution in [1.29, 1.82) is 0 Å². The van der Waals surface area contributed by atoms with Gasteiger partial charge in [0.2, 0.25) is 0 Å². The van der Waals surface area contributed by atoms with Crippen LogP contribution < -0.4 is 0 Å². The highest BCUT2D eigenvalue weighted by molar-refractivity contribution is 5.45. The van der Waals surface area contributed by atoms with Crippen molar-refractivity contribution < 1.29 is 9.66 Å². The molecule has 0 aliphatic heterocycles. The smallest absolute Gasteiger partial charge is 0.275 e. The Morgan fingerprint density at radius 3 is 2.38 bits per heavy atom.